The molecule has 0 spiro atoms. The van der Waals surface area contributed by atoms with Gasteiger partial charge in [-0.1, -0.05) is 158 Å². The molecule has 11 aromatic rings. The van der Waals surface area contributed by atoms with Crippen molar-refractivity contribution in [1.29, 1.82) is 0 Å². The van der Waals surface area contributed by atoms with Gasteiger partial charge in [-0.15, -0.1) is 0 Å². The van der Waals surface area contributed by atoms with Crippen LogP contribution in [-0.4, -0.2) is 4.57 Å². The van der Waals surface area contributed by atoms with Crippen LogP contribution in [0.15, 0.2) is 231 Å². The summed E-state index contributed by atoms with van der Waals surface area (Å²) in [7, 11) is 0. The molecule has 0 saturated carbocycles. The summed E-state index contributed by atoms with van der Waals surface area (Å²) < 4.78 is 2.39. The minimum absolute atomic E-state index is 1.10. The van der Waals surface area contributed by atoms with Gasteiger partial charge in [-0.25, -0.2) is 0 Å². The van der Waals surface area contributed by atoms with Gasteiger partial charge in [0.05, 0.1) is 16.7 Å². The van der Waals surface area contributed by atoms with E-state index in [9.17, 15) is 0 Å². The van der Waals surface area contributed by atoms with E-state index in [-0.39, 0.29) is 0 Å². The molecule has 0 amide bonds. The van der Waals surface area contributed by atoms with Crippen molar-refractivity contribution in [3.05, 3.63) is 231 Å². The van der Waals surface area contributed by atoms with Crippen molar-refractivity contribution in [3.8, 4) is 39.1 Å². The smallest absolute Gasteiger partial charge is 0.0562 e. The molecule has 58 heavy (non-hydrogen) atoms. The highest BCUT2D eigenvalue weighted by Crippen LogP contribution is 2.45. The minimum Gasteiger partial charge on any atom is -0.310 e. The van der Waals surface area contributed by atoms with Crippen molar-refractivity contribution in [1.82, 2.24) is 4.57 Å². The van der Waals surface area contributed by atoms with Crippen molar-refractivity contribution in [2.45, 2.75) is 0 Å². The predicted octanol–water partition coefficient (Wildman–Crippen LogP) is 15.6. The van der Waals surface area contributed by atoms with Gasteiger partial charge in [0.15, 0.2) is 0 Å². The molecule has 11 rings (SSSR count). The highest BCUT2D eigenvalue weighted by molar-refractivity contribution is 6.16. The number of anilines is 3. The van der Waals surface area contributed by atoms with Gasteiger partial charge in [-0.2, -0.15) is 0 Å². The zero-order chi connectivity index (χ0) is 38.4. The fourth-order valence-electron chi connectivity index (χ4n) is 8.71. The first kappa shape index (κ1) is 33.6. The summed E-state index contributed by atoms with van der Waals surface area (Å²) in [6.45, 7) is 0. The lowest BCUT2D eigenvalue weighted by atomic mass is 9.96. The van der Waals surface area contributed by atoms with Gasteiger partial charge >= 0.3 is 0 Å². The van der Waals surface area contributed by atoms with E-state index >= 15 is 0 Å². The topological polar surface area (TPSA) is 8.17 Å². The summed E-state index contributed by atoms with van der Waals surface area (Å²) in [5.74, 6) is 0. The third-order valence-corrected chi connectivity index (χ3v) is 11.5. The number of benzene rings is 10. The Morgan fingerprint density at radius 3 is 1.41 bits per heavy atom. The van der Waals surface area contributed by atoms with Crippen molar-refractivity contribution < 1.29 is 0 Å². The van der Waals surface area contributed by atoms with E-state index in [4.69, 9.17) is 0 Å². The average Bonchev–Trinajstić information content (AvgIpc) is 3.64. The highest BCUT2D eigenvalue weighted by Gasteiger charge is 2.21. The van der Waals surface area contributed by atoms with Crippen LogP contribution in [0, 0.1) is 0 Å². The molecule has 272 valence electrons. The molecular weight excluding hydrogens is 701 g/mol. The number of aromatic nitrogens is 1. The number of para-hydroxylation sites is 2. The van der Waals surface area contributed by atoms with Crippen LogP contribution in [0.5, 0.6) is 0 Å². The Labute approximate surface area is 338 Å². The Morgan fingerprint density at radius 2 is 0.759 bits per heavy atom. The average molecular weight is 739 g/mol. The molecule has 0 fully saturated rings. The van der Waals surface area contributed by atoms with E-state index in [1.54, 1.807) is 0 Å². The van der Waals surface area contributed by atoms with Gasteiger partial charge in [-0.05, 0) is 128 Å². The van der Waals surface area contributed by atoms with Crippen molar-refractivity contribution >= 4 is 60.4 Å². The molecule has 0 radical (unpaired) electrons. The van der Waals surface area contributed by atoms with Crippen LogP contribution in [0.25, 0.3) is 82.4 Å². The Balaban J connectivity index is 1.05. The SMILES string of the molecule is c1ccc(-c2cccc(N(c3ccc4cc(-c5ccc6cc(-c7ccccc7)ccc6c5)ccc4c3)c3cccc4c3c3ccccc3n4-c3ccccc3)c2)cc1. The number of nitrogens with zero attached hydrogens (tertiary/aromatic N) is 2. The second kappa shape index (κ2) is 14.1. The van der Waals surface area contributed by atoms with E-state index in [1.807, 2.05) is 0 Å². The van der Waals surface area contributed by atoms with Gasteiger partial charge in [0.2, 0.25) is 0 Å². The third kappa shape index (κ3) is 5.91. The normalized spacial score (nSPS) is 11.4. The Morgan fingerprint density at radius 1 is 0.293 bits per heavy atom. The fraction of sp³-hybridized carbons (Fsp3) is 0. The summed E-state index contributed by atoms with van der Waals surface area (Å²) in [6, 6.07) is 83.7. The van der Waals surface area contributed by atoms with E-state index in [0.29, 0.717) is 0 Å². The van der Waals surface area contributed by atoms with Crippen LogP contribution < -0.4 is 4.90 Å². The van der Waals surface area contributed by atoms with Gasteiger partial charge < -0.3 is 9.47 Å². The first-order valence-electron chi connectivity index (χ1n) is 19.9. The molecule has 0 aliphatic rings. The molecule has 1 aromatic heterocycles. The van der Waals surface area contributed by atoms with Crippen molar-refractivity contribution in [2.24, 2.45) is 0 Å². The molecule has 0 aliphatic heterocycles. The number of hydrogen-bond acceptors (Lipinski definition) is 1. The lowest BCUT2D eigenvalue weighted by Crippen LogP contribution is -2.10. The standard InChI is InChI=1S/C56H38N2/c1-4-14-39(15-5-1)41-18-12-21-50(37-41)57(54-24-13-25-55-56(54)52-22-10-11-23-53(52)58(55)49-19-8-3-9-20-49)51-33-32-47-36-46(30-31-48(47)38-51)45-29-28-43-34-42(26-27-44(43)35-45)40-16-6-2-7-17-40/h1-38H. The largest absolute Gasteiger partial charge is 0.310 e. The number of rotatable bonds is 7. The Bertz CT molecular complexity index is 3270. The molecule has 10 aromatic carbocycles. The van der Waals surface area contributed by atoms with Crippen LogP contribution in [0.4, 0.5) is 17.1 Å². The fourth-order valence-corrected chi connectivity index (χ4v) is 8.71. The number of fused-ring (bicyclic) bond motifs is 5. The molecule has 0 unspecified atom stereocenters. The zero-order valence-electron chi connectivity index (χ0n) is 31.8. The van der Waals surface area contributed by atoms with Crippen LogP contribution >= 0.6 is 0 Å². The Hall–Kier alpha value is -7.68. The number of hydrogen-bond donors (Lipinski definition) is 0. The van der Waals surface area contributed by atoms with E-state index in [1.165, 1.54) is 76.7 Å². The predicted molar refractivity (Wildman–Crippen MR) is 247 cm³/mol. The summed E-state index contributed by atoms with van der Waals surface area (Å²) in [6.07, 6.45) is 0. The lowest BCUT2D eigenvalue weighted by Gasteiger charge is -2.27. The molecule has 0 bridgehead atoms. The van der Waals surface area contributed by atoms with Gasteiger partial charge in [-0.3, -0.25) is 0 Å². The first-order valence-corrected chi connectivity index (χ1v) is 19.9. The summed E-state index contributed by atoms with van der Waals surface area (Å²) in [5, 5.41) is 7.32. The minimum atomic E-state index is 1.10. The van der Waals surface area contributed by atoms with Gasteiger partial charge in [0, 0.05) is 27.8 Å². The third-order valence-electron chi connectivity index (χ3n) is 11.5. The monoisotopic (exact) mass is 738 g/mol. The van der Waals surface area contributed by atoms with E-state index in [2.05, 4.69) is 240 Å². The van der Waals surface area contributed by atoms with Crippen LogP contribution in [0.1, 0.15) is 0 Å². The summed E-state index contributed by atoms with van der Waals surface area (Å²) in [4.78, 5) is 2.44. The van der Waals surface area contributed by atoms with Crippen LogP contribution in [0.2, 0.25) is 0 Å². The molecule has 1 heterocycles. The zero-order valence-corrected chi connectivity index (χ0v) is 31.8. The highest BCUT2D eigenvalue weighted by atomic mass is 15.1. The van der Waals surface area contributed by atoms with E-state index in [0.717, 1.165) is 22.7 Å². The van der Waals surface area contributed by atoms with Crippen LogP contribution in [0.3, 0.4) is 0 Å². The maximum absolute atomic E-state index is 2.44. The second-order valence-electron chi connectivity index (χ2n) is 15.0. The van der Waals surface area contributed by atoms with E-state index < -0.39 is 0 Å². The summed E-state index contributed by atoms with van der Waals surface area (Å²) >= 11 is 0. The van der Waals surface area contributed by atoms with Gasteiger partial charge in [0.25, 0.3) is 0 Å². The molecular formula is C56H38N2. The molecule has 2 heteroatoms. The molecule has 0 saturated heterocycles. The van der Waals surface area contributed by atoms with Crippen LogP contribution in [-0.2, 0) is 0 Å². The van der Waals surface area contributed by atoms with Gasteiger partial charge in [0.1, 0.15) is 0 Å². The van der Waals surface area contributed by atoms with Crippen molar-refractivity contribution in [3.63, 3.8) is 0 Å². The maximum Gasteiger partial charge on any atom is 0.0562 e. The maximum atomic E-state index is 2.44. The molecule has 2 nitrogen and oxygen atoms in total. The Kier molecular flexibility index (Phi) is 8.19. The second-order valence-corrected chi connectivity index (χ2v) is 15.0. The lowest BCUT2D eigenvalue weighted by molar-refractivity contribution is 1.18. The molecule has 0 aliphatic carbocycles. The molecule has 0 atom stereocenters. The quantitative estimate of drug-likeness (QED) is 0.158. The van der Waals surface area contributed by atoms with Crippen molar-refractivity contribution in [2.75, 3.05) is 4.90 Å². The molecule has 0 N–H and O–H groups in total. The first-order chi connectivity index (χ1) is 28.7. The summed E-state index contributed by atoms with van der Waals surface area (Å²) in [5.41, 5.74) is 14.1.